The van der Waals surface area contributed by atoms with E-state index in [9.17, 15) is 5.11 Å². The SMILES string of the molecule is NCCN(Cc1ccccc1)CC(O)c1ccccc1.O=C(O)C(=O)O.O=C(O)C(=O)O. The zero-order valence-electron chi connectivity index (χ0n) is 17.1. The van der Waals surface area contributed by atoms with Gasteiger partial charge in [-0.25, -0.2) is 19.2 Å². The summed E-state index contributed by atoms with van der Waals surface area (Å²) in [5.74, 6) is -7.30. The lowest BCUT2D eigenvalue weighted by atomic mass is 10.1. The van der Waals surface area contributed by atoms with Crippen molar-refractivity contribution in [3.05, 3.63) is 71.8 Å². The Balaban J connectivity index is 0.000000662. The van der Waals surface area contributed by atoms with Gasteiger partial charge in [-0.05, 0) is 11.1 Å². The number of hydrogen-bond donors (Lipinski definition) is 6. The molecule has 7 N–H and O–H groups in total. The van der Waals surface area contributed by atoms with E-state index in [4.69, 9.17) is 45.3 Å². The van der Waals surface area contributed by atoms with Crippen LogP contribution in [-0.2, 0) is 25.7 Å². The number of aliphatic hydroxyl groups is 1. The molecular formula is C21H26N2O9. The molecule has 2 aromatic carbocycles. The summed E-state index contributed by atoms with van der Waals surface area (Å²) in [6.45, 7) is 2.77. The first kappa shape index (κ1) is 28.2. The number of rotatable bonds is 7. The molecule has 0 amide bonds. The van der Waals surface area contributed by atoms with Crippen molar-refractivity contribution in [1.82, 2.24) is 4.90 Å². The molecule has 1 atom stereocenters. The monoisotopic (exact) mass is 450 g/mol. The highest BCUT2D eigenvalue weighted by Gasteiger charge is 2.13. The Morgan fingerprint density at radius 2 is 1.16 bits per heavy atom. The second-order valence-corrected chi connectivity index (χ2v) is 6.16. The first-order chi connectivity index (χ1) is 15.1. The molecule has 0 fully saturated rings. The van der Waals surface area contributed by atoms with E-state index in [1.807, 2.05) is 48.5 Å². The maximum atomic E-state index is 10.3. The quantitative estimate of drug-likeness (QED) is 0.321. The third-order valence-corrected chi connectivity index (χ3v) is 3.68. The van der Waals surface area contributed by atoms with Gasteiger partial charge in [0.25, 0.3) is 0 Å². The lowest BCUT2D eigenvalue weighted by Crippen LogP contribution is -2.32. The van der Waals surface area contributed by atoms with Crippen LogP contribution in [0.1, 0.15) is 17.2 Å². The molecule has 0 aliphatic carbocycles. The number of carbonyl (C=O) groups is 4. The average molecular weight is 450 g/mol. The fraction of sp³-hybridized carbons (Fsp3) is 0.238. The van der Waals surface area contributed by atoms with Gasteiger partial charge in [0.05, 0.1) is 6.10 Å². The summed E-state index contributed by atoms with van der Waals surface area (Å²) in [6, 6.07) is 20.0. The van der Waals surface area contributed by atoms with Crippen LogP contribution < -0.4 is 5.73 Å². The molecule has 0 bridgehead atoms. The minimum atomic E-state index is -1.82. The van der Waals surface area contributed by atoms with E-state index in [1.165, 1.54) is 5.56 Å². The molecule has 0 heterocycles. The zero-order valence-corrected chi connectivity index (χ0v) is 17.1. The van der Waals surface area contributed by atoms with Crippen LogP contribution in [-0.4, -0.2) is 73.9 Å². The van der Waals surface area contributed by atoms with E-state index in [2.05, 4.69) is 17.0 Å². The Morgan fingerprint density at radius 3 is 1.53 bits per heavy atom. The summed E-state index contributed by atoms with van der Waals surface area (Å²) in [5, 5.41) is 39.9. The van der Waals surface area contributed by atoms with Gasteiger partial charge in [-0.15, -0.1) is 0 Å². The molecule has 0 radical (unpaired) electrons. The van der Waals surface area contributed by atoms with Gasteiger partial charge in [-0.3, -0.25) is 4.90 Å². The van der Waals surface area contributed by atoms with E-state index in [1.54, 1.807) is 0 Å². The predicted octanol–water partition coefficient (Wildman–Crippen LogP) is 0.492. The van der Waals surface area contributed by atoms with Gasteiger partial charge >= 0.3 is 23.9 Å². The number of benzene rings is 2. The second kappa shape index (κ2) is 16.0. The van der Waals surface area contributed by atoms with Crippen LogP contribution in [0.4, 0.5) is 0 Å². The van der Waals surface area contributed by atoms with Crippen molar-refractivity contribution in [3.8, 4) is 0 Å². The lowest BCUT2D eigenvalue weighted by molar-refractivity contribution is -0.159. The van der Waals surface area contributed by atoms with E-state index in [0.29, 0.717) is 13.1 Å². The minimum Gasteiger partial charge on any atom is -0.473 e. The number of carboxylic acid groups (broad SMARTS) is 4. The molecule has 0 spiro atoms. The summed E-state index contributed by atoms with van der Waals surface area (Å²) in [5.41, 5.74) is 7.86. The van der Waals surface area contributed by atoms with Crippen LogP contribution in [0.25, 0.3) is 0 Å². The van der Waals surface area contributed by atoms with Crippen molar-refractivity contribution in [3.63, 3.8) is 0 Å². The Bertz CT molecular complexity index is 797. The van der Waals surface area contributed by atoms with Crippen LogP contribution >= 0.6 is 0 Å². The largest absolute Gasteiger partial charge is 0.473 e. The first-order valence-electron chi connectivity index (χ1n) is 9.20. The van der Waals surface area contributed by atoms with Crippen molar-refractivity contribution in [2.45, 2.75) is 12.6 Å². The summed E-state index contributed by atoms with van der Waals surface area (Å²) in [6.07, 6.45) is -0.480. The van der Waals surface area contributed by atoms with Crippen LogP contribution in [0.2, 0.25) is 0 Å². The van der Waals surface area contributed by atoms with Gasteiger partial charge in [0, 0.05) is 26.2 Å². The maximum absolute atomic E-state index is 10.3. The minimum absolute atomic E-state index is 0.480. The fourth-order valence-electron chi connectivity index (χ4n) is 2.28. The van der Waals surface area contributed by atoms with Crippen molar-refractivity contribution < 1.29 is 44.7 Å². The summed E-state index contributed by atoms with van der Waals surface area (Å²) in [7, 11) is 0. The average Bonchev–Trinajstić information content (AvgIpc) is 2.76. The molecule has 11 nitrogen and oxygen atoms in total. The molecule has 174 valence electrons. The van der Waals surface area contributed by atoms with Crippen molar-refractivity contribution in [2.24, 2.45) is 5.73 Å². The van der Waals surface area contributed by atoms with Crippen LogP contribution in [0.5, 0.6) is 0 Å². The maximum Gasteiger partial charge on any atom is 0.414 e. The van der Waals surface area contributed by atoms with E-state index < -0.39 is 30.0 Å². The summed E-state index contributed by atoms with van der Waals surface area (Å²) in [4.78, 5) is 38.6. The van der Waals surface area contributed by atoms with E-state index in [0.717, 1.165) is 18.7 Å². The highest BCUT2D eigenvalue weighted by atomic mass is 16.4. The van der Waals surface area contributed by atoms with Crippen LogP contribution in [0, 0.1) is 0 Å². The number of aliphatic hydroxyl groups excluding tert-OH is 1. The van der Waals surface area contributed by atoms with Gasteiger partial charge in [0.2, 0.25) is 0 Å². The molecule has 2 aromatic rings. The number of hydrogen-bond acceptors (Lipinski definition) is 7. The Labute approximate surface area is 184 Å². The highest BCUT2D eigenvalue weighted by Crippen LogP contribution is 2.15. The number of nitrogens with two attached hydrogens (primary N) is 1. The molecular weight excluding hydrogens is 424 g/mol. The topological polar surface area (TPSA) is 199 Å². The fourth-order valence-corrected chi connectivity index (χ4v) is 2.28. The van der Waals surface area contributed by atoms with Crippen LogP contribution in [0.15, 0.2) is 60.7 Å². The van der Waals surface area contributed by atoms with Crippen molar-refractivity contribution in [1.29, 1.82) is 0 Å². The number of aliphatic carboxylic acids is 4. The number of carboxylic acids is 4. The van der Waals surface area contributed by atoms with Crippen LogP contribution in [0.3, 0.4) is 0 Å². The standard InChI is InChI=1S/C17H22N2O.2C2H2O4/c18-11-12-19(13-15-7-3-1-4-8-15)14-17(20)16-9-5-2-6-10-16;2*3-1(4)2(5)6/h1-10,17,20H,11-14,18H2;2*(H,3,4)(H,5,6). The molecule has 0 saturated heterocycles. The summed E-state index contributed by atoms with van der Waals surface area (Å²) >= 11 is 0. The molecule has 0 aliphatic heterocycles. The third-order valence-electron chi connectivity index (χ3n) is 3.68. The molecule has 0 aliphatic rings. The highest BCUT2D eigenvalue weighted by molar-refractivity contribution is 6.27. The Kier molecular flexibility index (Phi) is 14.1. The van der Waals surface area contributed by atoms with Gasteiger partial charge in [0.1, 0.15) is 0 Å². The normalized spacial score (nSPS) is 10.6. The van der Waals surface area contributed by atoms with E-state index in [-0.39, 0.29) is 0 Å². The third kappa shape index (κ3) is 13.4. The lowest BCUT2D eigenvalue weighted by Gasteiger charge is -2.24. The molecule has 32 heavy (non-hydrogen) atoms. The Morgan fingerprint density at radius 1 is 0.750 bits per heavy atom. The Hall–Kier alpha value is -3.80. The van der Waals surface area contributed by atoms with Gasteiger partial charge in [-0.2, -0.15) is 0 Å². The second-order valence-electron chi connectivity index (χ2n) is 6.16. The van der Waals surface area contributed by atoms with Crippen molar-refractivity contribution >= 4 is 23.9 Å². The molecule has 0 saturated carbocycles. The predicted molar refractivity (Wildman–Crippen MR) is 113 cm³/mol. The van der Waals surface area contributed by atoms with Crippen molar-refractivity contribution in [2.75, 3.05) is 19.6 Å². The molecule has 0 aromatic heterocycles. The summed E-state index contributed by atoms with van der Waals surface area (Å²) < 4.78 is 0. The van der Waals surface area contributed by atoms with Gasteiger partial charge in [0.15, 0.2) is 0 Å². The molecule has 1 unspecified atom stereocenters. The number of nitrogens with zero attached hydrogens (tertiary/aromatic N) is 1. The zero-order chi connectivity index (χ0) is 24.5. The molecule has 2 rings (SSSR count). The van der Waals surface area contributed by atoms with Gasteiger partial charge in [-0.1, -0.05) is 60.7 Å². The molecule has 11 heteroatoms. The van der Waals surface area contributed by atoms with Gasteiger partial charge < -0.3 is 31.3 Å². The smallest absolute Gasteiger partial charge is 0.414 e. The first-order valence-corrected chi connectivity index (χ1v) is 9.20. The van der Waals surface area contributed by atoms with E-state index >= 15 is 0 Å².